The van der Waals surface area contributed by atoms with Crippen molar-refractivity contribution in [3.05, 3.63) is 24.3 Å². The summed E-state index contributed by atoms with van der Waals surface area (Å²) in [6.45, 7) is 0.255. The topological polar surface area (TPSA) is 60.9 Å². The Hall–Kier alpha value is -2.04. The van der Waals surface area contributed by atoms with E-state index in [9.17, 15) is 9.59 Å². The fourth-order valence-corrected chi connectivity index (χ4v) is 2.06. The number of rotatable bonds is 3. The number of anilines is 2. The third-order valence-electron chi connectivity index (χ3n) is 3.13. The van der Waals surface area contributed by atoms with E-state index < -0.39 is 11.9 Å². The van der Waals surface area contributed by atoms with E-state index in [1.807, 2.05) is 43.3 Å². The van der Waals surface area contributed by atoms with E-state index >= 15 is 0 Å². The van der Waals surface area contributed by atoms with Gasteiger partial charge in [-0.2, -0.15) is 0 Å². The molecule has 0 aliphatic carbocycles. The van der Waals surface area contributed by atoms with Crippen molar-refractivity contribution in [2.75, 3.05) is 30.4 Å². The first-order valence-corrected chi connectivity index (χ1v) is 5.79. The second-order valence-electron chi connectivity index (χ2n) is 4.66. The highest BCUT2D eigenvalue weighted by Crippen LogP contribution is 2.27. The number of hydrogen-bond donors (Lipinski definition) is 1. The summed E-state index contributed by atoms with van der Waals surface area (Å²) in [7, 11) is 3.84. The number of nitrogens with zero attached hydrogens (tertiary/aromatic N) is 2. The summed E-state index contributed by atoms with van der Waals surface area (Å²) in [4.78, 5) is 26.2. The van der Waals surface area contributed by atoms with Crippen LogP contribution in [0.4, 0.5) is 11.4 Å². The van der Waals surface area contributed by atoms with E-state index in [0.29, 0.717) is 0 Å². The Morgan fingerprint density at radius 2 is 2.17 bits per heavy atom. The average Bonchev–Trinajstić information content (AvgIpc) is 2.72. The van der Waals surface area contributed by atoms with Gasteiger partial charge in [-0.15, -0.1) is 0 Å². The van der Waals surface area contributed by atoms with Gasteiger partial charge in [-0.1, -0.05) is 6.07 Å². The molecule has 1 aliphatic heterocycles. The minimum atomic E-state index is -0.908. The minimum absolute atomic E-state index is 0.0848. The molecule has 1 N–H and O–H groups in total. The van der Waals surface area contributed by atoms with Crippen LogP contribution in [0.1, 0.15) is 6.42 Å². The molecule has 1 heterocycles. The lowest BCUT2D eigenvalue weighted by atomic mass is 10.1. The van der Waals surface area contributed by atoms with Crippen LogP contribution in [-0.2, 0) is 9.59 Å². The van der Waals surface area contributed by atoms with Crippen LogP contribution >= 0.6 is 0 Å². The molecule has 0 aromatic heterocycles. The summed E-state index contributed by atoms with van der Waals surface area (Å²) in [6.07, 6.45) is 0.0848. The van der Waals surface area contributed by atoms with Crippen molar-refractivity contribution in [1.29, 1.82) is 0 Å². The average molecular weight is 248 g/mol. The third kappa shape index (κ3) is 2.30. The van der Waals surface area contributed by atoms with Crippen molar-refractivity contribution >= 4 is 23.3 Å². The van der Waals surface area contributed by atoms with E-state index in [2.05, 4.69) is 0 Å². The highest BCUT2D eigenvalue weighted by molar-refractivity contribution is 5.99. The van der Waals surface area contributed by atoms with E-state index in [1.165, 1.54) is 0 Å². The Labute approximate surface area is 106 Å². The molecule has 5 heteroatoms. The lowest BCUT2D eigenvalue weighted by Crippen LogP contribution is -2.26. The smallest absolute Gasteiger partial charge is 0.308 e. The lowest BCUT2D eigenvalue weighted by molar-refractivity contribution is -0.141. The molecule has 0 bridgehead atoms. The standard InChI is InChI=1S/C13H16N2O3/c1-14(2)10-4-3-5-11(7-10)15-8-9(13(17)18)6-12(15)16/h3-5,7,9H,6,8H2,1-2H3,(H,17,18). The number of aliphatic carboxylic acids is 1. The van der Waals surface area contributed by atoms with Crippen LogP contribution in [0.3, 0.4) is 0 Å². The van der Waals surface area contributed by atoms with Crippen molar-refractivity contribution in [3.63, 3.8) is 0 Å². The molecule has 18 heavy (non-hydrogen) atoms. The molecule has 1 atom stereocenters. The molecular formula is C13H16N2O3. The molecule has 1 amide bonds. The molecule has 1 aromatic carbocycles. The van der Waals surface area contributed by atoms with Gasteiger partial charge in [0.1, 0.15) is 0 Å². The third-order valence-corrected chi connectivity index (χ3v) is 3.13. The number of carboxylic acid groups (broad SMARTS) is 1. The second-order valence-corrected chi connectivity index (χ2v) is 4.66. The van der Waals surface area contributed by atoms with Crippen LogP contribution in [0.25, 0.3) is 0 Å². The largest absolute Gasteiger partial charge is 0.481 e. The van der Waals surface area contributed by atoms with Crippen LogP contribution in [0, 0.1) is 5.92 Å². The van der Waals surface area contributed by atoms with Gasteiger partial charge >= 0.3 is 5.97 Å². The van der Waals surface area contributed by atoms with Gasteiger partial charge in [0.05, 0.1) is 5.92 Å². The molecule has 2 rings (SSSR count). The van der Waals surface area contributed by atoms with E-state index in [4.69, 9.17) is 5.11 Å². The minimum Gasteiger partial charge on any atom is -0.481 e. The number of carbonyl (C=O) groups is 2. The maximum atomic E-state index is 11.8. The van der Waals surface area contributed by atoms with Crippen LogP contribution in [-0.4, -0.2) is 37.6 Å². The second kappa shape index (κ2) is 4.68. The van der Waals surface area contributed by atoms with Crippen LogP contribution in [0.15, 0.2) is 24.3 Å². The van der Waals surface area contributed by atoms with Crippen molar-refractivity contribution in [3.8, 4) is 0 Å². The van der Waals surface area contributed by atoms with Crippen molar-refractivity contribution in [2.45, 2.75) is 6.42 Å². The fourth-order valence-electron chi connectivity index (χ4n) is 2.06. The molecule has 0 saturated carbocycles. The van der Waals surface area contributed by atoms with Crippen LogP contribution in [0.2, 0.25) is 0 Å². The molecule has 1 saturated heterocycles. The molecule has 1 aromatic rings. The fraction of sp³-hybridized carbons (Fsp3) is 0.385. The monoisotopic (exact) mass is 248 g/mol. The first kappa shape index (κ1) is 12.4. The predicted octanol–water partition coefficient (Wildman–Crippen LogP) is 1.19. The summed E-state index contributed by atoms with van der Waals surface area (Å²) in [5.74, 6) is -1.63. The summed E-state index contributed by atoms with van der Waals surface area (Å²) in [5, 5.41) is 8.95. The van der Waals surface area contributed by atoms with Gasteiger partial charge in [0, 0.05) is 38.4 Å². The summed E-state index contributed by atoms with van der Waals surface area (Å²) in [5.41, 5.74) is 1.74. The Morgan fingerprint density at radius 3 is 2.72 bits per heavy atom. The Balaban J connectivity index is 2.24. The van der Waals surface area contributed by atoms with E-state index in [-0.39, 0.29) is 18.9 Å². The summed E-state index contributed by atoms with van der Waals surface area (Å²) >= 11 is 0. The lowest BCUT2D eigenvalue weighted by Gasteiger charge is -2.19. The maximum Gasteiger partial charge on any atom is 0.308 e. The molecule has 1 fully saturated rings. The first-order chi connectivity index (χ1) is 8.49. The first-order valence-electron chi connectivity index (χ1n) is 5.79. The summed E-state index contributed by atoms with van der Waals surface area (Å²) in [6, 6.07) is 7.53. The zero-order valence-corrected chi connectivity index (χ0v) is 10.5. The molecule has 1 unspecified atom stereocenters. The van der Waals surface area contributed by atoms with Gasteiger partial charge in [0.2, 0.25) is 5.91 Å². The number of amides is 1. The zero-order chi connectivity index (χ0) is 13.3. The molecule has 0 radical (unpaired) electrons. The van der Waals surface area contributed by atoms with Gasteiger partial charge in [-0.25, -0.2) is 0 Å². The van der Waals surface area contributed by atoms with E-state index in [0.717, 1.165) is 11.4 Å². The van der Waals surface area contributed by atoms with Gasteiger partial charge < -0.3 is 14.9 Å². The molecular weight excluding hydrogens is 232 g/mol. The van der Waals surface area contributed by atoms with Gasteiger partial charge in [0.25, 0.3) is 0 Å². The van der Waals surface area contributed by atoms with Gasteiger partial charge in [0.15, 0.2) is 0 Å². The maximum absolute atomic E-state index is 11.8. The van der Waals surface area contributed by atoms with Crippen LogP contribution in [0.5, 0.6) is 0 Å². The van der Waals surface area contributed by atoms with Crippen molar-refractivity contribution in [1.82, 2.24) is 0 Å². The normalized spacial score (nSPS) is 19.1. The number of hydrogen-bond acceptors (Lipinski definition) is 3. The SMILES string of the molecule is CN(C)c1cccc(N2CC(C(=O)O)CC2=O)c1. The molecule has 5 nitrogen and oxygen atoms in total. The number of carbonyl (C=O) groups excluding carboxylic acids is 1. The molecule has 1 aliphatic rings. The van der Waals surface area contributed by atoms with Crippen molar-refractivity contribution < 1.29 is 14.7 Å². The Morgan fingerprint density at radius 1 is 1.44 bits per heavy atom. The quantitative estimate of drug-likeness (QED) is 0.872. The van der Waals surface area contributed by atoms with Crippen molar-refractivity contribution in [2.24, 2.45) is 5.92 Å². The summed E-state index contributed by atoms with van der Waals surface area (Å²) < 4.78 is 0. The molecule has 96 valence electrons. The van der Waals surface area contributed by atoms with E-state index in [1.54, 1.807) is 4.90 Å². The highest BCUT2D eigenvalue weighted by Gasteiger charge is 2.35. The van der Waals surface area contributed by atoms with Gasteiger partial charge in [-0.3, -0.25) is 9.59 Å². The predicted molar refractivity (Wildman–Crippen MR) is 68.9 cm³/mol. The molecule has 0 spiro atoms. The highest BCUT2D eigenvalue weighted by atomic mass is 16.4. The number of carboxylic acids is 1. The van der Waals surface area contributed by atoms with Gasteiger partial charge in [-0.05, 0) is 18.2 Å². The zero-order valence-electron chi connectivity index (χ0n) is 10.5. The number of benzene rings is 1. The Bertz CT molecular complexity index is 485. The van der Waals surface area contributed by atoms with Crippen LogP contribution < -0.4 is 9.80 Å². The Kier molecular flexibility index (Phi) is 3.23.